The number of nitrogens with two attached hydrogens (primary N) is 1. The first-order valence-electron chi connectivity index (χ1n) is 6.02. The molecule has 0 aliphatic rings. The van der Waals surface area contributed by atoms with Crippen LogP contribution in [0.1, 0.15) is 26.5 Å². The normalized spacial score (nSPS) is 9.75. The Morgan fingerprint density at radius 3 is 2.85 bits per heavy atom. The van der Waals surface area contributed by atoms with Crippen molar-refractivity contribution in [2.24, 2.45) is 5.73 Å². The Kier molecular flexibility index (Phi) is 4.45. The van der Waals surface area contributed by atoms with Gasteiger partial charge >= 0.3 is 0 Å². The molecule has 0 atom stereocenters. The maximum Gasteiger partial charge on any atom is 0.257 e. The minimum absolute atomic E-state index is 0.213. The fourth-order valence-corrected chi connectivity index (χ4v) is 2.26. The van der Waals surface area contributed by atoms with Gasteiger partial charge in [0.2, 0.25) is 5.13 Å². The van der Waals surface area contributed by atoms with Crippen LogP contribution in [0.3, 0.4) is 0 Å². The zero-order valence-electron chi connectivity index (χ0n) is 11.2. The van der Waals surface area contributed by atoms with Gasteiger partial charge in [-0.2, -0.15) is 0 Å². The molecule has 0 spiro atoms. The van der Waals surface area contributed by atoms with Crippen LogP contribution in [0, 0.1) is 25.7 Å². The summed E-state index contributed by atoms with van der Waals surface area (Å²) in [6.45, 7) is 3.99. The third-order valence-electron chi connectivity index (χ3n) is 2.65. The maximum atomic E-state index is 12.2. The molecule has 0 saturated heterocycles. The number of hydrogen-bond donors (Lipinski definition) is 2. The molecule has 6 heteroatoms. The molecule has 2 rings (SSSR count). The number of anilines is 1. The van der Waals surface area contributed by atoms with Crippen molar-refractivity contribution >= 4 is 22.4 Å². The lowest BCUT2D eigenvalue weighted by Gasteiger charge is -2.06. The van der Waals surface area contributed by atoms with Crippen molar-refractivity contribution in [3.63, 3.8) is 0 Å². The van der Waals surface area contributed by atoms with E-state index >= 15 is 0 Å². The highest BCUT2D eigenvalue weighted by atomic mass is 32.1. The Bertz CT molecular complexity index is 697. The molecule has 5 nitrogen and oxygen atoms in total. The van der Waals surface area contributed by atoms with E-state index in [1.165, 1.54) is 11.3 Å². The van der Waals surface area contributed by atoms with Crippen molar-refractivity contribution in [1.82, 2.24) is 10.2 Å². The molecule has 0 radical (unpaired) electrons. The van der Waals surface area contributed by atoms with E-state index in [4.69, 9.17) is 5.73 Å². The van der Waals surface area contributed by atoms with Crippen LogP contribution >= 0.6 is 11.3 Å². The number of rotatable bonds is 2. The Labute approximate surface area is 121 Å². The van der Waals surface area contributed by atoms with E-state index in [0.29, 0.717) is 17.2 Å². The monoisotopic (exact) mass is 286 g/mol. The van der Waals surface area contributed by atoms with Crippen LogP contribution in [0.15, 0.2) is 18.2 Å². The largest absolute Gasteiger partial charge is 0.320 e. The summed E-state index contributed by atoms with van der Waals surface area (Å²) in [4.78, 5) is 12.2. The molecular formula is C14H14N4OS. The van der Waals surface area contributed by atoms with Crippen LogP contribution in [0.2, 0.25) is 0 Å². The quantitative estimate of drug-likeness (QED) is 0.824. The van der Waals surface area contributed by atoms with Crippen molar-refractivity contribution in [2.75, 3.05) is 11.9 Å². The second-order valence-corrected chi connectivity index (χ2v) is 5.25. The van der Waals surface area contributed by atoms with Gasteiger partial charge in [0, 0.05) is 11.1 Å². The molecule has 0 fully saturated rings. The number of amides is 1. The van der Waals surface area contributed by atoms with Gasteiger partial charge in [0.25, 0.3) is 5.91 Å². The number of carbonyl (C=O) groups excluding carboxylic acids is 1. The average molecular weight is 286 g/mol. The smallest absolute Gasteiger partial charge is 0.257 e. The van der Waals surface area contributed by atoms with Crippen molar-refractivity contribution in [2.45, 2.75) is 13.8 Å². The Morgan fingerprint density at radius 1 is 1.40 bits per heavy atom. The van der Waals surface area contributed by atoms with Gasteiger partial charge in [0.05, 0.1) is 6.54 Å². The average Bonchev–Trinajstić information content (AvgIpc) is 2.83. The minimum atomic E-state index is -0.213. The van der Waals surface area contributed by atoms with Crippen LogP contribution in [0.4, 0.5) is 5.13 Å². The van der Waals surface area contributed by atoms with Crippen LogP contribution in [-0.2, 0) is 0 Å². The molecule has 0 bridgehead atoms. The van der Waals surface area contributed by atoms with E-state index in [1.54, 1.807) is 12.1 Å². The van der Waals surface area contributed by atoms with Gasteiger partial charge in [-0.1, -0.05) is 29.2 Å². The van der Waals surface area contributed by atoms with E-state index in [1.807, 2.05) is 19.9 Å². The van der Waals surface area contributed by atoms with Gasteiger partial charge in [-0.15, -0.1) is 10.2 Å². The number of hydrogen-bond acceptors (Lipinski definition) is 5. The summed E-state index contributed by atoms with van der Waals surface area (Å²) in [5, 5.41) is 11.8. The third-order valence-corrected chi connectivity index (χ3v) is 3.40. The summed E-state index contributed by atoms with van der Waals surface area (Å²) >= 11 is 1.34. The van der Waals surface area contributed by atoms with Gasteiger partial charge in [0.15, 0.2) is 0 Å². The highest BCUT2D eigenvalue weighted by Crippen LogP contribution is 2.18. The summed E-state index contributed by atoms with van der Waals surface area (Å²) in [5.74, 6) is 5.53. The van der Waals surface area contributed by atoms with Crippen molar-refractivity contribution < 1.29 is 4.79 Å². The van der Waals surface area contributed by atoms with Crippen LogP contribution in [0.25, 0.3) is 0 Å². The molecule has 1 amide bonds. The van der Waals surface area contributed by atoms with E-state index in [9.17, 15) is 4.79 Å². The van der Waals surface area contributed by atoms with Crippen LogP contribution in [-0.4, -0.2) is 22.6 Å². The first-order valence-corrected chi connectivity index (χ1v) is 6.83. The first-order chi connectivity index (χ1) is 9.61. The zero-order valence-corrected chi connectivity index (χ0v) is 12.0. The maximum absolute atomic E-state index is 12.2. The lowest BCUT2D eigenvalue weighted by molar-refractivity contribution is 0.102. The van der Waals surface area contributed by atoms with E-state index in [-0.39, 0.29) is 5.91 Å². The Hall–Kier alpha value is -2.23. The molecular weight excluding hydrogens is 272 g/mol. The molecule has 0 aliphatic heterocycles. The van der Waals surface area contributed by atoms with Gasteiger partial charge in [-0.05, 0) is 31.5 Å². The number of carbonyl (C=O) groups is 1. The van der Waals surface area contributed by atoms with E-state index in [2.05, 4.69) is 27.4 Å². The van der Waals surface area contributed by atoms with Crippen LogP contribution < -0.4 is 11.1 Å². The van der Waals surface area contributed by atoms with E-state index in [0.717, 1.165) is 16.1 Å². The zero-order chi connectivity index (χ0) is 14.5. The van der Waals surface area contributed by atoms with Gasteiger partial charge < -0.3 is 5.73 Å². The highest BCUT2D eigenvalue weighted by molar-refractivity contribution is 7.15. The van der Waals surface area contributed by atoms with Gasteiger partial charge in [-0.25, -0.2) is 0 Å². The summed E-state index contributed by atoms with van der Waals surface area (Å²) in [7, 11) is 0. The summed E-state index contributed by atoms with van der Waals surface area (Å²) in [5.41, 5.74) is 7.56. The standard InChI is InChI=1S/C14H14N4OS/c1-9-11(6-4-8-15)5-3-7-12(9)13(19)16-14-18-17-10(2)20-14/h3,5,7H,8,15H2,1-2H3,(H,16,18,19). The summed E-state index contributed by atoms with van der Waals surface area (Å²) in [6, 6.07) is 5.42. The van der Waals surface area contributed by atoms with Gasteiger partial charge in [0.1, 0.15) is 5.01 Å². The molecule has 1 heterocycles. The number of nitrogens with zero attached hydrogens (tertiary/aromatic N) is 2. The molecule has 2 aromatic rings. The second kappa shape index (κ2) is 6.28. The fourth-order valence-electron chi connectivity index (χ4n) is 1.67. The number of aryl methyl sites for hydroxylation is 1. The predicted octanol–water partition coefficient (Wildman–Crippen LogP) is 1.72. The number of nitrogens with one attached hydrogen (secondary N) is 1. The van der Waals surface area contributed by atoms with Crippen molar-refractivity contribution in [3.8, 4) is 11.8 Å². The molecule has 102 valence electrons. The first kappa shape index (κ1) is 14.2. The van der Waals surface area contributed by atoms with Crippen molar-refractivity contribution in [1.29, 1.82) is 0 Å². The lowest BCUT2D eigenvalue weighted by Crippen LogP contribution is -2.13. The van der Waals surface area contributed by atoms with Crippen LogP contribution in [0.5, 0.6) is 0 Å². The molecule has 20 heavy (non-hydrogen) atoms. The Morgan fingerprint density at radius 2 is 2.20 bits per heavy atom. The highest BCUT2D eigenvalue weighted by Gasteiger charge is 2.12. The lowest BCUT2D eigenvalue weighted by atomic mass is 10.0. The SMILES string of the molecule is Cc1nnc(NC(=O)c2cccc(C#CCN)c2C)s1. The summed E-state index contributed by atoms with van der Waals surface area (Å²) in [6.07, 6.45) is 0. The second-order valence-electron chi connectivity index (χ2n) is 4.06. The predicted molar refractivity (Wildman–Crippen MR) is 79.7 cm³/mol. The van der Waals surface area contributed by atoms with Gasteiger partial charge in [-0.3, -0.25) is 10.1 Å². The summed E-state index contributed by atoms with van der Waals surface area (Å²) < 4.78 is 0. The molecule has 0 aliphatic carbocycles. The molecule has 3 N–H and O–H groups in total. The number of aromatic nitrogens is 2. The topological polar surface area (TPSA) is 80.9 Å². The third kappa shape index (κ3) is 3.20. The fraction of sp³-hybridized carbons (Fsp3) is 0.214. The molecule has 1 aromatic carbocycles. The van der Waals surface area contributed by atoms with Crippen molar-refractivity contribution in [3.05, 3.63) is 39.9 Å². The Balaban J connectivity index is 2.26. The van der Waals surface area contributed by atoms with E-state index < -0.39 is 0 Å². The number of benzene rings is 1. The molecule has 0 unspecified atom stereocenters. The molecule has 0 saturated carbocycles. The minimum Gasteiger partial charge on any atom is -0.320 e. The molecule has 1 aromatic heterocycles.